The number of benzene rings is 2. The van der Waals surface area contributed by atoms with Crippen LogP contribution in [0.3, 0.4) is 0 Å². The number of piperidine rings is 1. The van der Waals surface area contributed by atoms with Crippen LogP contribution in [0.15, 0.2) is 77.6 Å². The molecule has 10 heteroatoms. The molecule has 0 unspecified atom stereocenters. The van der Waals surface area contributed by atoms with Crippen molar-refractivity contribution in [2.24, 2.45) is 5.92 Å². The minimum atomic E-state index is -4.57. The van der Waals surface area contributed by atoms with Crippen molar-refractivity contribution in [3.8, 4) is 0 Å². The third kappa shape index (κ3) is 6.39. The zero-order chi connectivity index (χ0) is 27.4. The molecule has 2 aromatic heterocycles. The molecule has 5 rings (SSSR count). The number of aromatic nitrogens is 2. The molecule has 2 amide bonds. The Kier molecular flexibility index (Phi) is 7.53. The lowest BCUT2D eigenvalue weighted by molar-refractivity contribution is -0.141. The highest BCUT2D eigenvalue weighted by Gasteiger charge is 2.34. The first-order chi connectivity index (χ1) is 18.8. The lowest BCUT2D eigenvalue weighted by Gasteiger charge is -2.34. The summed E-state index contributed by atoms with van der Waals surface area (Å²) in [5, 5.41) is 6.14. The lowest BCUT2D eigenvalue weighted by atomic mass is 9.90. The van der Waals surface area contributed by atoms with Gasteiger partial charge in [-0.3, -0.25) is 4.79 Å². The minimum absolute atomic E-state index is 0.00214. The van der Waals surface area contributed by atoms with E-state index in [1.54, 1.807) is 24.3 Å². The molecule has 1 saturated heterocycles. The van der Waals surface area contributed by atoms with Crippen molar-refractivity contribution in [2.75, 3.05) is 23.3 Å². The number of urea groups is 1. The average Bonchev–Trinajstić information content (AvgIpc) is 2.92. The number of pyridine rings is 2. The summed E-state index contributed by atoms with van der Waals surface area (Å²) in [6.45, 7) is 1.16. The number of nitrogens with one attached hydrogen (secondary N) is 3. The molecule has 1 fully saturated rings. The first-order valence-corrected chi connectivity index (χ1v) is 12.8. The van der Waals surface area contributed by atoms with E-state index in [4.69, 9.17) is 0 Å². The second-order valence-corrected chi connectivity index (χ2v) is 9.69. The molecule has 0 spiro atoms. The van der Waals surface area contributed by atoms with E-state index in [0.29, 0.717) is 41.2 Å². The van der Waals surface area contributed by atoms with Crippen LogP contribution in [0.25, 0.3) is 10.9 Å². The van der Waals surface area contributed by atoms with Crippen molar-refractivity contribution in [3.63, 3.8) is 0 Å². The van der Waals surface area contributed by atoms with Crippen molar-refractivity contribution in [1.82, 2.24) is 15.3 Å². The molecule has 4 aromatic rings. The smallest absolute Gasteiger partial charge is 0.356 e. The number of anilines is 2. The van der Waals surface area contributed by atoms with Crippen LogP contribution in [0, 0.1) is 5.92 Å². The average molecular weight is 536 g/mol. The molecule has 2 aromatic carbocycles. The zero-order valence-corrected chi connectivity index (χ0v) is 21.1. The fourth-order valence-corrected chi connectivity index (χ4v) is 4.98. The molecule has 0 bridgehead atoms. The highest BCUT2D eigenvalue weighted by Crippen LogP contribution is 2.32. The number of carbonyl (C=O) groups is 1. The van der Waals surface area contributed by atoms with Gasteiger partial charge in [0.05, 0.1) is 11.2 Å². The number of alkyl halides is 3. The van der Waals surface area contributed by atoms with Gasteiger partial charge < -0.3 is 20.5 Å². The maximum atomic E-state index is 13.5. The molecule has 39 heavy (non-hydrogen) atoms. The molecule has 3 N–H and O–H groups in total. The second-order valence-electron chi connectivity index (χ2n) is 9.69. The van der Waals surface area contributed by atoms with E-state index < -0.39 is 17.9 Å². The molecule has 7 nitrogen and oxygen atoms in total. The quantitative estimate of drug-likeness (QED) is 0.295. The summed E-state index contributed by atoms with van der Waals surface area (Å²) in [4.78, 5) is 32.9. The number of hydrogen-bond acceptors (Lipinski definition) is 4. The number of amides is 2. The number of aromatic amines is 1. The second kappa shape index (κ2) is 11.2. The van der Waals surface area contributed by atoms with E-state index in [-0.39, 0.29) is 17.9 Å². The highest BCUT2D eigenvalue weighted by atomic mass is 19.4. The molecule has 1 aliphatic rings. The molecular formula is C29H28F3N5O2. The van der Waals surface area contributed by atoms with Gasteiger partial charge in [0.15, 0.2) is 0 Å². The summed E-state index contributed by atoms with van der Waals surface area (Å²) in [7, 11) is 0. The van der Waals surface area contributed by atoms with Gasteiger partial charge in [-0.15, -0.1) is 0 Å². The van der Waals surface area contributed by atoms with Gasteiger partial charge in [-0.05, 0) is 55.0 Å². The van der Waals surface area contributed by atoms with E-state index in [1.165, 1.54) is 17.7 Å². The zero-order valence-electron chi connectivity index (χ0n) is 21.1. The molecule has 0 atom stereocenters. The largest absolute Gasteiger partial charge is 0.433 e. The fourth-order valence-electron chi connectivity index (χ4n) is 4.98. The highest BCUT2D eigenvalue weighted by molar-refractivity contribution is 6.00. The number of rotatable bonds is 6. The SMILES string of the molecule is O=C(NCc1ccc(C(F)(F)F)nc1N1CCC(Cc2ccccc2)CC1)Nc1cccc2[nH]c(=O)ccc12. The maximum absolute atomic E-state index is 13.5. The van der Waals surface area contributed by atoms with Crippen LogP contribution in [-0.2, 0) is 19.1 Å². The van der Waals surface area contributed by atoms with Gasteiger partial charge >= 0.3 is 12.2 Å². The standard InChI is InChI=1S/C29H28F3N5O2/c30-29(31,32)25-11-9-21(18-33-28(39)35-24-8-4-7-23-22(24)10-12-26(38)34-23)27(36-25)37-15-13-20(14-16-37)17-19-5-2-1-3-6-19/h1-12,20H,13-18H2,(H,34,38)(H2,33,35,39). The predicted octanol–water partition coefficient (Wildman–Crippen LogP) is 5.72. The first-order valence-electron chi connectivity index (χ1n) is 12.8. The van der Waals surface area contributed by atoms with Crippen LogP contribution in [0.5, 0.6) is 0 Å². The van der Waals surface area contributed by atoms with Gasteiger partial charge in [0.1, 0.15) is 11.5 Å². The van der Waals surface area contributed by atoms with Crippen LogP contribution >= 0.6 is 0 Å². The van der Waals surface area contributed by atoms with Crippen LogP contribution in [0.1, 0.15) is 29.7 Å². The maximum Gasteiger partial charge on any atom is 0.433 e. The van der Waals surface area contributed by atoms with E-state index in [0.717, 1.165) is 25.3 Å². The fraction of sp³-hybridized carbons (Fsp3) is 0.276. The number of hydrogen-bond donors (Lipinski definition) is 3. The molecule has 1 aliphatic heterocycles. The van der Waals surface area contributed by atoms with Gasteiger partial charge in [-0.2, -0.15) is 13.2 Å². The van der Waals surface area contributed by atoms with E-state index >= 15 is 0 Å². The molecule has 0 saturated carbocycles. The van der Waals surface area contributed by atoms with Crippen molar-refractivity contribution in [1.29, 1.82) is 0 Å². The number of carbonyl (C=O) groups excluding carboxylic acids is 1. The van der Waals surface area contributed by atoms with Crippen LogP contribution in [-0.4, -0.2) is 29.1 Å². The Labute approximate surface area is 223 Å². The Morgan fingerprint density at radius 3 is 2.49 bits per heavy atom. The monoisotopic (exact) mass is 535 g/mol. The van der Waals surface area contributed by atoms with E-state index in [2.05, 4.69) is 32.7 Å². The molecule has 202 valence electrons. The van der Waals surface area contributed by atoms with Gasteiger partial charge in [0.2, 0.25) is 5.56 Å². The number of H-pyrrole nitrogens is 1. The summed E-state index contributed by atoms with van der Waals surface area (Å²) in [5.74, 6) is 0.684. The normalized spacial score (nSPS) is 14.4. The molecular weight excluding hydrogens is 507 g/mol. The molecule has 3 heterocycles. The Balaban J connectivity index is 1.28. The van der Waals surface area contributed by atoms with Crippen molar-refractivity contribution in [3.05, 3.63) is 100.0 Å². The van der Waals surface area contributed by atoms with Crippen LogP contribution in [0.2, 0.25) is 0 Å². The van der Waals surface area contributed by atoms with E-state index in [9.17, 15) is 22.8 Å². The number of halogens is 3. The van der Waals surface area contributed by atoms with Crippen molar-refractivity contribution < 1.29 is 18.0 Å². The summed E-state index contributed by atoms with van der Waals surface area (Å²) in [5.41, 5.74) is 1.61. The first kappa shape index (κ1) is 26.3. The summed E-state index contributed by atoms with van der Waals surface area (Å²) < 4.78 is 40.5. The van der Waals surface area contributed by atoms with Gasteiger partial charge in [-0.1, -0.05) is 42.5 Å². The Bertz CT molecular complexity index is 1510. The van der Waals surface area contributed by atoms with Crippen LogP contribution < -0.4 is 21.1 Å². The van der Waals surface area contributed by atoms with Crippen LogP contribution in [0.4, 0.5) is 29.5 Å². The van der Waals surface area contributed by atoms with Crippen molar-refractivity contribution >= 4 is 28.4 Å². The topological polar surface area (TPSA) is 90.1 Å². The Hall–Kier alpha value is -4.34. The number of nitrogens with zero attached hydrogens (tertiary/aromatic N) is 2. The summed E-state index contributed by atoms with van der Waals surface area (Å²) in [6.07, 6.45) is -1.97. The van der Waals surface area contributed by atoms with Crippen molar-refractivity contribution in [2.45, 2.75) is 32.0 Å². The Morgan fingerprint density at radius 2 is 1.74 bits per heavy atom. The molecule has 0 radical (unpaired) electrons. The van der Waals surface area contributed by atoms with E-state index in [1.807, 2.05) is 23.1 Å². The third-order valence-corrected chi connectivity index (χ3v) is 6.98. The molecule has 0 aliphatic carbocycles. The van der Waals surface area contributed by atoms with Gasteiger partial charge in [0, 0.05) is 36.7 Å². The lowest BCUT2D eigenvalue weighted by Crippen LogP contribution is -2.37. The van der Waals surface area contributed by atoms with Gasteiger partial charge in [-0.25, -0.2) is 9.78 Å². The Morgan fingerprint density at radius 1 is 0.974 bits per heavy atom. The van der Waals surface area contributed by atoms with Gasteiger partial charge in [0.25, 0.3) is 0 Å². The minimum Gasteiger partial charge on any atom is -0.356 e. The predicted molar refractivity (Wildman–Crippen MR) is 145 cm³/mol. The summed E-state index contributed by atoms with van der Waals surface area (Å²) in [6, 6.07) is 20.1. The summed E-state index contributed by atoms with van der Waals surface area (Å²) >= 11 is 0. The third-order valence-electron chi connectivity index (χ3n) is 6.98. The number of fused-ring (bicyclic) bond motifs is 1.